The third-order valence-electron chi connectivity index (χ3n) is 5.37. The minimum absolute atomic E-state index is 0.00184. The molecule has 2 aromatic rings. The number of carbonyl (C=O) groups excluding carboxylic acids is 1. The molecule has 10 heteroatoms. The number of nitro groups is 1. The summed E-state index contributed by atoms with van der Waals surface area (Å²) < 4.78 is 32.9. The van der Waals surface area contributed by atoms with Crippen molar-refractivity contribution in [3.8, 4) is 5.75 Å². The number of ether oxygens (including phenoxy) is 1. The van der Waals surface area contributed by atoms with E-state index in [0.29, 0.717) is 5.56 Å². The van der Waals surface area contributed by atoms with Gasteiger partial charge in [0.1, 0.15) is 0 Å². The second kappa shape index (κ2) is 8.27. The Morgan fingerprint density at radius 3 is 2.39 bits per heavy atom. The zero-order valence-corrected chi connectivity index (χ0v) is 17.8. The molecular formula is C21H23N3O6S. The van der Waals surface area contributed by atoms with Gasteiger partial charge in [-0.2, -0.15) is 4.31 Å². The highest BCUT2D eigenvalue weighted by molar-refractivity contribution is 7.89. The maximum Gasteiger partial charge on any atom is 0.312 e. The van der Waals surface area contributed by atoms with Gasteiger partial charge in [0.25, 0.3) is 5.91 Å². The third-order valence-corrected chi connectivity index (χ3v) is 7.27. The molecule has 164 valence electrons. The number of hydrogen-bond acceptors (Lipinski definition) is 6. The summed E-state index contributed by atoms with van der Waals surface area (Å²) in [6.45, 7) is 0.122. The van der Waals surface area contributed by atoms with Crippen LogP contribution in [0.15, 0.2) is 47.4 Å². The summed E-state index contributed by atoms with van der Waals surface area (Å²) in [7, 11) is -2.66. The van der Waals surface area contributed by atoms with Gasteiger partial charge in [0.2, 0.25) is 10.0 Å². The van der Waals surface area contributed by atoms with Gasteiger partial charge in [-0.05, 0) is 55.5 Å². The molecule has 0 heterocycles. The number of benzene rings is 2. The lowest BCUT2D eigenvalue weighted by Crippen LogP contribution is -2.32. The van der Waals surface area contributed by atoms with Gasteiger partial charge in [-0.15, -0.1) is 0 Å². The van der Waals surface area contributed by atoms with Crippen LogP contribution >= 0.6 is 0 Å². The Morgan fingerprint density at radius 1 is 1.16 bits per heavy atom. The predicted molar refractivity (Wildman–Crippen MR) is 112 cm³/mol. The van der Waals surface area contributed by atoms with Crippen LogP contribution < -0.4 is 10.1 Å². The summed E-state index contributed by atoms with van der Waals surface area (Å²) in [5, 5.41) is 14.2. The highest BCUT2D eigenvalue weighted by atomic mass is 32.2. The first-order valence-electron chi connectivity index (χ1n) is 10.0. The number of methoxy groups -OCH3 is 1. The lowest BCUT2D eigenvalue weighted by molar-refractivity contribution is -0.386. The van der Waals surface area contributed by atoms with Gasteiger partial charge < -0.3 is 10.1 Å². The summed E-state index contributed by atoms with van der Waals surface area (Å²) in [5.74, 6) is -0.131. The lowest BCUT2D eigenvalue weighted by Gasteiger charge is -2.22. The first kappa shape index (κ1) is 21.3. The molecule has 0 unspecified atom stereocenters. The maximum absolute atomic E-state index is 13.3. The monoisotopic (exact) mass is 445 g/mol. The van der Waals surface area contributed by atoms with Crippen LogP contribution in [0, 0.1) is 10.1 Å². The van der Waals surface area contributed by atoms with Crippen molar-refractivity contribution in [2.24, 2.45) is 0 Å². The van der Waals surface area contributed by atoms with Crippen molar-refractivity contribution in [1.29, 1.82) is 0 Å². The topological polar surface area (TPSA) is 119 Å². The van der Waals surface area contributed by atoms with Crippen molar-refractivity contribution in [2.75, 3.05) is 7.11 Å². The molecule has 2 aliphatic carbocycles. The lowest BCUT2D eigenvalue weighted by atomic mass is 10.1. The van der Waals surface area contributed by atoms with E-state index < -0.39 is 20.6 Å². The van der Waals surface area contributed by atoms with Gasteiger partial charge in [0.05, 0.1) is 16.9 Å². The number of nitrogens with zero attached hydrogens (tertiary/aromatic N) is 2. The van der Waals surface area contributed by atoms with Crippen LogP contribution in [-0.2, 0) is 16.6 Å². The molecule has 0 saturated heterocycles. The van der Waals surface area contributed by atoms with Gasteiger partial charge >= 0.3 is 5.69 Å². The first-order valence-corrected chi connectivity index (χ1v) is 11.5. The Balaban J connectivity index is 1.56. The van der Waals surface area contributed by atoms with Crippen LogP contribution in [-0.4, -0.2) is 42.7 Å². The standard InChI is InChI=1S/C21H23N3O6S/c1-30-20-11-10-18(12-19(20)24(26)27)31(28,29)23(17-8-9-17)13-14-2-4-15(5-3-14)21(25)22-16-6-7-16/h2-5,10-12,16-17H,6-9,13H2,1H3,(H,22,25). The molecule has 1 N–H and O–H groups in total. The molecule has 0 radical (unpaired) electrons. The minimum atomic E-state index is -3.96. The highest BCUT2D eigenvalue weighted by Gasteiger charge is 2.39. The second-order valence-electron chi connectivity index (χ2n) is 7.82. The Kier molecular flexibility index (Phi) is 5.67. The number of nitro benzene ring substituents is 1. The van der Waals surface area contributed by atoms with Crippen LogP contribution in [0.1, 0.15) is 41.6 Å². The second-order valence-corrected chi connectivity index (χ2v) is 9.71. The zero-order valence-electron chi connectivity index (χ0n) is 17.0. The fraction of sp³-hybridized carbons (Fsp3) is 0.381. The van der Waals surface area contributed by atoms with Crippen molar-refractivity contribution in [3.05, 3.63) is 63.7 Å². The molecule has 2 saturated carbocycles. The fourth-order valence-corrected chi connectivity index (χ4v) is 5.01. The molecule has 0 spiro atoms. The van der Waals surface area contributed by atoms with Crippen molar-refractivity contribution in [2.45, 2.75) is 49.2 Å². The molecule has 0 aliphatic heterocycles. The van der Waals surface area contributed by atoms with Crippen LogP contribution in [0.5, 0.6) is 5.75 Å². The number of sulfonamides is 1. The van der Waals surface area contributed by atoms with Gasteiger partial charge in [-0.1, -0.05) is 12.1 Å². The Hall–Kier alpha value is -2.98. The summed E-state index contributed by atoms with van der Waals surface area (Å²) >= 11 is 0. The van der Waals surface area contributed by atoms with Crippen molar-refractivity contribution >= 4 is 21.6 Å². The van der Waals surface area contributed by atoms with Crippen molar-refractivity contribution in [3.63, 3.8) is 0 Å². The molecular weight excluding hydrogens is 422 g/mol. The molecule has 1 amide bonds. The largest absolute Gasteiger partial charge is 0.490 e. The third kappa shape index (κ3) is 4.70. The van der Waals surface area contributed by atoms with E-state index >= 15 is 0 Å². The number of rotatable bonds is 9. The Labute approximate surface area is 180 Å². The SMILES string of the molecule is COc1ccc(S(=O)(=O)N(Cc2ccc(C(=O)NC3CC3)cc2)C2CC2)cc1[N+](=O)[O-]. The average molecular weight is 445 g/mol. The van der Waals surface area contributed by atoms with Gasteiger partial charge in [0.15, 0.2) is 5.75 Å². The maximum atomic E-state index is 13.3. The van der Waals surface area contributed by atoms with Gasteiger partial charge in [0, 0.05) is 30.3 Å². The molecule has 0 aromatic heterocycles. The molecule has 4 rings (SSSR count). The molecule has 2 fully saturated rings. The summed E-state index contributed by atoms with van der Waals surface area (Å²) in [6, 6.07) is 10.6. The summed E-state index contributed by atoms with van der Waals surface area (Å²) in [5.41, 5.74) is 0.870. The van der Waals surface area contributed by atoms with Crippen molar-refractivity contribution < 1.29 is 22.9 Å². The van der Waals surface area contributed by atoms with Crippen LogP contribution in [0.3, 0.4) is 0 Å². The molecule has 2 aliphatic rings. The van der Waals surface area contributed by atoms with Crippen LogP contribution in [0.25, 0.3) is 0 Å². The van der Waals surface area contributed by atoms with Gasteiger partial charge in [-0.25, -0.2) is 8.42 Å². The summed E-state index contributed by atoms with van der Waals surface area (Å²) in [6.07, 6.45) is 3.47. The quantitative estimate of drug-likeness (QED) is 0.468. The van der Waals surface area contributed by atoms with E-state index in [1.54, 1.807) is 24.3 Å². The van der Waals surface area contributed by atoms with E-state index in [1.165, 1.54) is 23.5 Å². The molecule has 2 aromatic carbocycles. The number of amides is 1. The fourth-order valence-electron chi connectivity index (χ4n) is 3.32. The molecule has 9 nitrogen and oxygen atoms in total. The van der Waals surface area contributed by atoms with Crippen molar-refractivity contribution in [1.82, 2.24) is 9.62 Å². The van der Waals surface area contributed by atoms with E-state index in [2.05, 4.69) is 5.32 Å². The number of hydrogen-bond donors (Lipinski definition) is 1. The van der Waals surface area contributed by atoms with Gasteiger partial charge in [-0.3, -0.25) is 14.9 Å². The van der Waals surface area contributed by atoms with Crippen LogP contribution in [0.2, 0.25) is 0 Å². The predicted octanol–water partition coefficient (Wildman–Crippen LogP) is 2.85. The Morgan fingerprint density at radius 2 is 1.84 bits per heavy atom. The van der Waals surface area contributed by atoms with E-state index in [1.807, 2.05) is 0 Å². The molecule has 0 bridgehead atoms. The van der Waals surface area contributed by atoms with Crippen LogP contribution in [0.4, 0.5) is 5.69 Å². The zero-order chi connectivity index (χ0) is 22.2. The minimum Gasteiger partial charge on any atom is -0.490 e. The Bertz CT molecular complexity index is 1110. The first-order chi connectivity index (χ1) is 14.8. The highest BCUT2D eigenvalue weighted by Crippen LogP contribution is 2.36. The average Bonchev–Trinajstić information content (AvgIpc) is 3.67. The molecule has 0 atom stereocenters. The normalized spacial score (nSPS) is 16.2. The number of nitrogens with one attached hydrogen (secondary N) is 1. The van der Waals surface area contributed by atoms with E-state index in [4.69, 9.17) is 4.74 Å². The smallest absolute Gasteiger partial charge is 0.312 e. The molecule has 31 heavy (non-hydrogen) atoms. The van der Waals surface area contributed by atoms with E-state index in [9.17, 15) is 23.3 Å². The van der Waals surface area contributed by atoms with E-state index in [-0.39, 0.29) is 35.2 Å². The van der Waals surface area contributed by atoms with E-state index in [0.717, 1.165) is 37.3 Å². The number of carbonyl (C=O) groups is 1. The summed E-state index contributed by atoms with van der Waals surface area (Å²) in [4.78, 5) is 22.6.